The standard InChI is InChI=1S/C11H16FN3/c1-4-15(9(2)13-3)8-10-5-6-11(12)14-7-10/h5-7,13H,2,4,8H2,1,3H3. The number of halogens is 1. The Morgan fingerprint density at radius 3 is 2.80 bits per heavy atom. The van der Waals surface area contributed by atoms with Gasteiger partial charge in [0.1, 0.15) is 0 Å². The minimum Gasteiger partial charge on any atom is -0.375 e. The molecule has 0 aliphatic carbocycles. The van der Waals surface area contributed by atoms with E-state index in [4.69, 9.17) is 0 Å². The molecule has 0 spiro atoms. The molecule has 0 fully saturated rings. The molecular weight excluding hydrogens is 193 g/mol. The van der Waals surface area contributed by atoms with E-state index in [1.165, 1.54) is 6.07 Å². The molecule has 3 nitrogen and oxygen atoms in total. The molecule has 0 radical (unpaired) electrons. The summed E-state index contributed by atoms with van der Waals surface area (Å²) >= 11 is 0. The van der Waals surface area contributed by atoms with Crippen LogP contribution in [0.4, 0.5) is 4.39 Å². The summed E-state index contributed by atoms with van der Waals surface area (Å²) in [6.45, 7) is 7.45. The summed E-state index contributed by atoms with van der Waals surface area (Å²) in [4.78, 5) is 5.66. The van der Waals surface area contributed by atoms with Crippen molar-refractivity contribution in [2.75, 3.05) is 13.6 Å². The number of nitrogens with zero attached hydrogens (tertiary/aromatic N) is 2. The monoisotopic (exact) mass is 209 g/mol. The molecule has 0 aliphatic heterocycles. The van der Waals surface area contributed by atoms with Crippen molar-refractivity contribution in [3.05, 3.63) is 42.2 Å². The van der Waals surface area contributed by atoms with E-state index in [1.807, 2.05) is 14.0 Å². The lowest BCUT2D eigenvalue weighted by Gasteiger charge is -2.24. The molecule has 0 saturated heterocycles. The Morgan fingerprint density at radius 2 is 2.33 bits per heavy atom. The van der Waals surface area contributed by atoms with Gasteiger partial charge in [-0.2, -0.15) is 4.39 Å². The molecule has 0 saturated carbocycles. The molecule has 1 N–H and O–H groups in total. The van der Waals surface area contributed by atoms with E-state index < -0.39 is 5.95 Å². The maximum atomic E-state index is 12.6. The zero-order valence-electron chi connectivity index (χ0n) is 9.13. The van der Waals surface area contributed by atoms with Crippen LogP contribution in [-0.4, -0.2) is 23.5 Å². The molecule has 82 valence electrons. The van der Waals surface area contributed by atoms with Crippen molar-refractivity contribution in [1.29, 1.82) is 0 Å². The zero-order valence-corrected chi connectivity index (χ0v) is 9.13. The first-order chi connectivity index (χ1) is 7.17. The molecule has 1 heterocycles. The summed E-state index contributed by atoms with van der Waals surface area (Å²) in [5, 5.41) is 2.98. The van der Waals surface area contributed by atoms with E-state index in [2.05, 4.69) is 21.8 Å². The summed E-state index contributed by atoms with van der Waals surface area (Å²) in [6, 6.07) is 3.10. The summed E-state index contributed by atoms with van der Waals surface area (Å²) in [6.07, 6.45) is 1.54. The van der Waals surface area contributed by atoms with Crippen molar-refractivity contribution in [3.63, 3.8) is 0 Å². The van der Waals surface area contributed by atoms with Crippen LogP contribution < -0.4 is 5.32 Å². The van der Waals surface area contributed by atoms with E-state index in [1.54, 1.807) is 12.3 Å². The first-order valence-electron chi connectivity index (χ1n) is 4.89. The van der Waals surface area contributed by atoms with Crippen molar-refractivity contribution in [2.45, 2.75) is 13.5 Å². The lowest BCUT2D eigenvalue weighted by Crippen LogP contribution is -2.28. The summed E-state index contributed by atoms with van der Waals surface area (Å²) in [5.74, 6) is 0.399. The number of nitrogens with one attached hydrogen (secondary N) is 1. The van der Waals surface area contributed by atoms with E-state index in [-0.39, 0.29) is 0 Å². The first kappa shape index (κ1) is 11.5. The van der Waals surface area contributed by atoms with Gasteiger partial charge in [0, 0.05) is 26.3 Å². The second kappa shape index (κ2) is 5.34. The van der Waals surface area contributed by atoms with Crippen LogP contribution in [0.15, 0.2) is 30.7 Å². The van der Waals surface area contributed by atoms with Gasteiger partial charge in [0.2, 0.25) is 5.95 Å². The normalized spacial score (nSPS) is 9.80. The minimum atomic E-state index is -0.450. The SMILES string of the molecule is C=C(NC)N(CC)Cc1ccc(F)nc1. The predicted molar refractivity (Wildman–Crippen MR) is 58.5 cm³/mol. The van der Waals surface area contributed by atoms with Crippen LogP contribution in [0.25, 0.3) is 0 Å². The van der Waals surface area contributed by atoms with Gasteiger partial charge >= 0.3 is 0 Å². The largest absolute Gasteiger partial charge is 0.375 e. The lowest BCUT2D eigenvalue weighted by molar-refractivity contribution is 0.335. The molecule has 15 heavy (non-hydrogen) atoms. The van der Waals surface area contributed by atoms with Gasteiger partial charge in [-0.15, -0.1) is 0 Å². The maximum absolute atomic E-state index is 12.6. The summed E-state index contributed by atoms with van der Waals surface area (Å²) in [7, 11) is 1.83. The molecule has 1 aromatic heterocycles. The number of hydrogen-bond donors (Lipinski definition) is 1. The third-order valence-corrected chi connectivity index (χ3v) is 2.21. The van der Waals surface area contributed by atoms with Crippen LogP contribution in [-0.2, 0) is 6.54 Å². The Labute approximate surface area is 89.6 Å². The van der Waals surface area contributed by atoms with Crippen LogP contribution in [0.3, 0.4) is 0 Å². The highest BCUT2D eigenvalue weighted by atomic mass is 19.1. The fraction of sp³-hybridized carbons (Fsp3) is 0.364. The number of aromatic nitrogens is 1. The lowest BCUT2D eigenvalue weighted by atomic mass is 10.2. The van der Waals surface area contributed by atoms with Crippen molar-refractivity contribution in [1.82, 2.24) is 15.2 Å². The van der Waals surface area contributed by atoms with Crippen molar-refractivity contribution < 1.29 is 4.39 Å². The molecule has 0 aliphatic rings. The van der Waals surface area contributed by atoms with Crippen LogP contribution in [0.5, 0.6) is 0 Å². The van der Waals surface area contributed by atoms with E-state index in [0.717, 1.165) is 17.9 Å². The molecule has 0 atom stereocenters. The molecule has 0 aromatic carbocycles. The topological polar surface area (TPSA) is 28.2 Å². The van der Waals surface area contributed by atoms with Crippen LogP contribution in [0.2, 0.25) is 0 Å². The van der Waals surface area contributed by atoms with Crippen LogP contribution >= 0.6 is 0 Å². The Bertz CT molecular complexity index is 321. The van der Waals surface area contributed by atoms with Gasteiger partial charge < -0.3 is 10.2 Å². The molecule has 1 aromatic rings. The average Bonchev–Trinajstić information content (AvgIpc) is 2.27. The van der Waals surface area contributed by atoms with Gasteiger partial charge in [-0.05, 0) is 18.6 Å². The van der Waals surface area contributed by atoms with E-state index in [9.17, 15) is 4.39 Å². The quantitative estimate of drug-likeness (QED) is 0.749. The van der Waals surface area contributed by atoms with Crippen molar-refractivity contribution in [2.24, 2.45) is 0 Å². The van der Waals surface area contributed by atoms with Gasteiger partial charge in [-0.25, -0.2) is 4.98 Å². The third-order valence-electron chi connectivity index (χ3n) is 2.21. The van der Waals surface area contributed by atoms with Gasteiger partial charge in [0.05, 0.1) is 5.82 Å². The number of hydrogen-bond acceptors (Lipinski definition) is 3. The van der Waals surface area contributed by atoms with Gasteiger partial charge in [0.25, 0.3) is 0 Å². The van der Waals surface area contributed by atoms with Crippen molar-refractivity contribution in [3.8, 4) is 0 Å². The molecular formula is C11H16FN3. The summed E-state index contributed by atoms with van der Waals surface area (Å²) < 4.78 is 12.6. The molecule has 0 unspecified atom stereocenters. The Balaban J connectivity index is 2.66. The highest BCUT2D eigenvalue weighted by Crippen LogP contribution is 2.07. The fourth-order valence-corrected chi connectivity index (χ4v) is 1.28. The van der Waals surface area contributed by atoms with Crippen LogP contribution in [0, 0.1) is 5.95 Å². The van der Waals surface area contributed by atoms with Gasteiger partial charge in [-0.3, -0.25) is 0 Å². The molecule has 1 rings (SSSR count). The second-order valence-corrected chi connectivity index (χ2v) is 3.20. The minimum absolute atomic E-state index is 0.450. The van der Waals surface area contributed by atoms with E-state index >= 15 is 0 Å². The highest BCUT2D eigenvalue weighted by molar-refractivity contribution is 5.10. The van der Waals surface area contributed by atoms with Crippen molar-refractivity contribution >= 4 is 0 Å². The zero-order chi connectivity index (χ0) is 11.3. The highest BCUT2D eigenvalue weighted by Gasteiger charge is 2.04. The predicted octanol–water partition coefficient (Wildman–Crippen LogP) is 1.73. The van der Waals surface area contributed by atoms with Gasteiger partial charge in [-0.1, -0.05) is 12.6 Å². The first-order valence-corrected chi connectivity index (χ1v) is 4.89. The Morgan fingerprint density at radius 1 is 1.60 bits per heavy atom. The summed E-state index contributed by atoms with van der Waals surface area (Å²) in [5.41, 5.74) is 0.967. The van der Waals surface area contributed by atoms with Crippen LogP contribution in [0.1, 0.15) is 12.5 Å². The van der Waals surface area contributed by atoms with E-state index in [0.29, 0.717) is 6.54 Å². The number of rotatable bonds is 5. The Hall–Kier alpha value is -1.58. The fourth-order valence-electron chi connectivity index (χ4n) is 1.28. The van der Waals surface area contributed by atoms with Gasteiger partial charge in [0.15, 0.2) is 0 Å². The Kier molecular flexibility index (Phi) is 4.09. The molecule has 0 amide bonds. The third kappa shape index (κ3) is 3.23. The molecule has 4 heteroatoms. The molecule has 0 bridgehead atoms. The smallest absolute Gasteiger partial charge is 0.212 e. The number of pyridine rings is 1. The average molecular weight is 209 g/mol. The second-order valence-electron chi connectivity index (χ2n) is 3.20. The maximum Gasteiger partial charge on any atom is 0.212 e.